The Kier molecular flexibility index (Phi) is 5.15. The lowest BCUT2D eigenvalue weighted by molar-refractivity contribution is 1.32. The van der Waals surface area contributed by atoms with E-state index in [9.17, 15) is 0 Å². The van der Waals surface area contributed by atoms with Gasteiger partial charge in [0.25, 0.3) is 0 Å². The van der Waals surface area contributed by atoms with Gasteiger partial charge in [-0.25, -0.2) is 0 Å². The summed E-state index contributed by atoms with van der Waals surface area (Å²) < 4.78 is 0. The van der Waals surface area contributed by atoms with Crippen LogP contribution in [0.25, 0.3) is 11.1 Å². The molecule has 0 aliphatic heterocycles. The van der Waals surface area contributed by atoms with Gasteiger partial charge in [-0.1, -0.05) is 61.4 Å². The van der Waals surface area contributed by atoms with Crippen LogP contribution in [0, 0.1) is 27.7 Å². The SMILES string of the molecule is CC.Cc1cc(C)cc(-c2cccc(C)c2C)c1. The van der Waals surface area contributed by atoms with E-state index >= 15 is 0 Å². The molecule has 0 unspecified atom stereocenters. The minimum atomic E-state index is 1.33. The fourth-order valence-corrected chi connectivity index (χ4v) is 2.19. The summed E-state index contributed by atoms with van der Waals surface area (Å²) in [6.45, 7) is 12.7. The van der Waals surface area contributed by atoms with Crippen molar-refractivity contribution in [3.63, 3.8) is 0 Å². The fourth-order valence-electron chi connectivity index (χ4n) is 2.19. The Bertz CT molecular complexity index is 501. The van der Waals surface area contributed by atoms with Gasteiger partial charge in [0, 0.05) is 0 Å². The summed E-state index contributed by atoms with van der Waals surface area (Å²) in [6, 6.07) is 13.2. The topological polar surface area (TPSA) is 0 Å². The molecule has 2 rings (SSSR count). The second-order valence-electron chi connectivity index (χ2n) is 4.62. The normalized spacial score (nSPS) is 9.67. The Hall–Kier alpha value is -1.56. The van der Waals surface area contributed by atoms with Crippen LogP contribution in [0.15, 0.2) is 36.4 Å². The number of aryl methyl sites for hydroxylation is 3. The molecule has 0 fully saturated rings. The summed E-state index contributed by atoms with van der Waals surface area (Å²) in [6.07, 6.45) is 0. The molecular weight excluding hydrogens is 216 g/mol. The van der Waals surface area contributed by atoms with Crippen LogP contribution in [-0.2, 0) is 0 Å². The Balaban J connectivity index is 0.000000771. The van der Waals surface area contributed by atoms with E-state index in [-0.39, 0.29) is 0 Å². The second kappa shape index (κ2) is 6.39. The second-order valence-corrected chi connectivity index (χ2v) is 4.62. The minimum absolute atomic E-state index is 1.33. The fraction of sp³-hybridized carbons (Fsp3) is 0.333. The van der Waals surface area contributed by atoms with Crippen molar-refractivity contribution in [3.8, 4) is 11.1 Å². The molecule has 0 radical (unpaired) electrons. The third kappa shape index (κ3) is 3.22. The Morgan fingerprint density at radius 3 is 1.83 bits per heavy atom. The van der Waals surface area contributed by atoms with Crippen LogP contribution >= 0.6 is 0 Å². The lowest BCUT2D eigenvalue weighted by atomic mass is 9.95. The van der Waals surface area contributed by atoms with E-state index < -0.39 is 0 Å². The van der Waals surface area contributed by atoms with E-state index in [4.69, 9.17) is 0 Å². The van der Waals surface area contributed by atoms with Gasteiger partial charge in [-0.15, -0.1) is 0 Å². The van der Waals surface area contributed by atoms with Crippen molar-refractivity contribution >= 4 is 0 Å². The third-order valence-electron chi connectivity index (χ3n) is 3.14. The standard InChI is InChI=1S/C16H18.C2H6/c1-11-8-12(2)10-15(9-11)16-7-5-6-13(3)14(16)4;1-2/h5-10H,1-4H3;1-2H3. The highest BCUT2D eigenvalue weighted by Gasteiger charge is 2.04. The monoisotopic (exact) mass is 240 g/mol. The molecule has 0 atom stereocenters. The Labute approximate surface area is 112 Å². The zero-order valence-electron chi connectivity index (χ0n) is 12.5. The van der Waals surface area contributed by atoms with Gasteiger partial charge in [0.15, 0.2) is 0 Å². The van der Waals surface area contributed by atoms with Crippen LogP contribution in [0.4, 0.5) is 0 Å². The summed E-state index contributed by atoms with van der Waals surface area (Å²) in [7, 11) is 0. The molecular formula is C18H24. The molecule has 0 amide bonds. The van der Waals surface area contributed by atoms with Gasteiger partial charge in [-0.2, -0.15) is 0 Å². The van der Waals surface area contributed by atoms with Crippen molar-refractivity contribution in [3.05, 3.63) is 58.7 Å². The molecule has 0 heterocycles. The molecule has 18 heavy (non-hydrogen) atoms. The highest BCUT2D eigenvalue weighted by atomic mass is 14.1. The van der Waals surface area contributed by atoms with Crippen LogP contribution in [0.3, 0.4) is 0 Å². The summed E-state index contributed by atoms with van der Waals surface area (Å²) in [5.74, 6) is 0. The van der Waals surface area contributed by atoms with Gasteiger partial charge in [0.1, 0.15) is 0 Å². The van der Waals surface area contributed by atoms with Crippen molar-refractivity contribution in [2.45, 2.75) is 41.5 Å². The molecule has 0 spiro atoms. The maximum absolute atomic E-state index is 2.26. The van der Waals surface area contributed by atoms with E-state index in [0.717, 1.165) is 0 Å². The molecule has 2 aromatic rings. The van der Waals surface area contributed by atoms with Gasteiger partial charge < -0.3 is 0 Å². The van der Waals surface area contributed by atoms with Crippen molar-refractivity contribution in [1.29, 1.82) is 0 Å². The summed E-state index contributed by atoms with van der Waals surface area (Å²) in [5, 5.41) is 0. The molecule has 2 aromatic carbocycles. The largest absolute Gasteiger partial charge is 0.0683 e. The van der Waals surface area contributed by atoms with Gasteiger partial charge >= 0.3 is 0 Å². The first kappa shape index (κ1) is 14.5. The maximum atomic E-state index is 2.26. The quantitative estimate of drug-likeness (QED) is 0.607. The predicted molar refractivity (Wildman–Crippen MR) is 82.2 cm³/mol. The lowest BCUT2D eigenvalue weighted by Crippen LogP contribution is -1.88. The highest BCUT2D eigenvalue weighted by molar-refractivity contribution is 5.69. The number of hydrogen-bond acceptors (Lipinski definition) is 0. The van der Waals surface area contributed by atoms with Crippen LogP contribution in [0.5, 0.6) is 0 Å². The molecule has 0 heteroatoms. The van der Waals surface area contributed by atoms with Crippen molar-refractivity contribution < 1.29 is 0 Å². The van der Waals surface area contributed by atoms with Crippen molar-refractivity contribution in [2.24, 2.45) is 0 Å². The van der Waals surface area contributed by atoms with Crippen LogP contribution in [0.2, 0.25) is 0 Å². The van der Waals surface area contributed by atoms with E-state index in [2.05, 4.69) is 64.1 Å². The Morgan fingerprint density at radius 1 is 0.722 bits per heavy atom. The van der Waals surface area contributed by atoms with Gasteiger partial charge in [0.2, 0.25) is 0 Å². The van der Waals surface area contributed by atoms with Crippen LogP contribution < -0.4 is 0 Å². The summed E-state index contributed by atoms with van der Waals surface area (Å²) in [4.78, 5) is 0. The Morgan fingerprint density at radius 2 is 1.28 bits per heavy atom. The molecule has 0 bridgehead atoms. The number of hydrogen-bond donors (Lipinski definition) is 0. The molecule has 0 saturated heterocycles. The summed E-state index contributed by atoms with van der Waals surface area (Å²) in [5.41, 5.74) is 8.08. The maximum Gasteiger partial charge on any atom is -0.0152 e. The zero-order chi connectivity index (χ0) is 13.7. The third-order valence-corrected chi connectivity index (χ3v) is 3.14. The predicted octanol–water partition coefficient (Wildman–Crippen LogP) is 5.61. The van der Waals surface area contributed by atoms with Crippen LogP contribution in [-0.4, -0.2) is 0 Å². The van der Waals surface area contributed by atoms with Gasteiger partial charge in [-0.05, 0) is 49.9 Å². The smallest absolute Gasteiger partial charge is 0.0152 e. The molecule has 0 aliphatic carbocycles. The summed E-state index contributed by atoms with van der Waals surface area (Å²) >= 11 is 0. The van der Waals surface area contributed by atoms with E-state index in [1.165, 1.54) is 33.4 Å². The molecule has 0 aliphatic rings. The molecule has 0 saturated carbocycles. The molecule has 0 nitrogen and oxygen atoms in total. The highest BCUT2D eigenvalue weighted by Crippen LogP contribution is 2.27. The zero-order valence-corrected chi connectivity index (χ0v) is 12.5. The lowest BCUT2D eigenvalue weighted by Gasteiger charge is -2.10. The number of rotatable bonds is 1. The van der Waals surface area contributed by atoms with Crippen LogP contribution in [0.1, 0.15) is 36.1 Å². The average Bonchev–Trinajstić information content (AvgIpc) is 2.34. The molecule has 0 aromatic heterocycles. The van der Waals surface area contributed by atoms with Crippen molar-refractivity contribution in [2.75, 3.05) is 0 Å². The first-order valence-electron chi connectivity index (χ1n) is 6.73. The molecule has 96 valence electrons. The number of benzene rings is 2. The van der Waals surface area contributed by atoms with E-state index in [1.54, 1.807) is 0 Å². The first-order valence-corrected chi connectivity index (χ1v) is 6.73. The first-order chi connectivity index (χ1) is 8.58. The molecule has 0 N–H and O–H groups in total. The average molecular weight is 240 g/mol. The van der Waals surface area contributed by atoms with Gasteiger partial charge in [0.05, 0.1) is 0 Å². The van der Waals surface area contributed by atoms with E-state index in [0.29, 0.717) is 0 Å². The van der Waals surface area contributed by atoms with Gasteiger partial charge in [-0.3, -0.25) is 0 Å². The van der Waals surface area contributed by atoms with E-state index in [1.807, 2.05) is 13.8 Å². The van der Waals surface area contributed by atoms with Crippen molar-refractivity contribution in [1.82, 2.24) is 0 Å². The minimum Gasteiger partial charge on any atom is -0.0683 e.